The lowest BCUT2D eigenvalue weighted by molar-refractivity contribution is -0.153. The fourth-order valence-electron chi connectivity index (χ4n) is 6.39. The molecule has 1 N–H and O–H groups in total. The molecule has 1 aromatic carbocycles. The predicted octanol–water partition coefficient (Wildman–Crippen LogP) is 2.91. The number of methoxy groups -OCH3 is 1. The minimum atomic E-state index is -0.162. The molecule has 126 valence electrons. The summed E-state index contributed by atoms with van der Waals surface area (Å²) < 4.78 is 5.34. The molecule has 1 spiro atoms. The first-order chi connectivity index (χ1) is 11.7. The number of nitrogens with one attached hydrogen (secondary N) is 1. The molecule has 0 amide bonds. The van der Waals surface area contributed by atoms with Crippen molar-refractivity contribution in [2.45, 2.75) is 37.3 Å². The number of para-hydroxylation sites is 1. The smallest absolute Gasteiger partial charge is 0.310 e. The minimum Gasteiger partial charge on any atom is -0.469 e. The van der Waals surface area contributed by atoms with Gasteiger partial charge >= 0.3 is 5.97 Å². The van der Waals surface area contributed by atoms with E-state index in [9.17, 15) is 4.79 Å². The number of benzene rings is 1. The van der Waals surface area contributed by atoms with Gasteiger partial charge in [-0.1, -0.05) is 29.8 Å². The van der Waals surface area contributed by atoms with Gasteiger partial charge in [0.2, 0.25) is 0 Å². The summed E-state index contributed by atoms with van der Waals surface area (Å²) in [5.41, 5.74) is 3.65. The van der Waals surface area contributed by atoms with Gasteiger partial charge in [-0.25, -0.2) is 0 Å². The zero-order chi connectivity index (χ0) is 16.5. The molecule has 4 heterocycles. The number of anilines is 1. The van der Waals surface area contributed by atoms with Crippen LogP contribution in [0, 0.1) is 11.8 Å². The van der Waals surface area contributed by atoms with Gasteiger partial charge in [-0.2, -0.15) is 0 Å². The summed E-state index contributed by atoms with van der Waals surface area (Å²) in [7, 11) is 1.54. The molecule has 4 heteroatoms. The zero-order valence-corrected chi connectivity index (χ0v) is 14.3. The van der Waals surface area contributed by atoms with Gasteiger partial charge < -0.3 is 10.1 Å². The topological polar surface area (TPSA) is 41.6 Å². The van der Waals surface area contributed by atoms with Gasteiger partial charge in [-0.05, 0) is 43.7 Å². The number of hydrogen-bond donors (Lipinski definition) is 1. The Bertz CT molecular complexity index is 758. The molecule has 1 unspecified atom stereocenters. The maximum Gasteiger partial charge on any atom is 0.310 e. The lowest BCUT2D eigenvalue weighted by Gasteiger charge is -2.51. The SMILES string of the molecule is CC=C1CN2CC[C@@]34c5ccccc5N[C@@]23CC[C@@H]1[C@H]4C(=O)OC. The van der Waals surface area contributed by atoms with Gasteiger partial charge in [0.25, 0.3) is 0 Å². The van der Waals surface area contributed by atoms with Gasteiger partial charge in [0, 0.05) is 24.2 Å². The Labute approximate surface area is 142 Å². The molecule has 5 aliphatic rings. The van der Waals surface area contributed by atoms with Crippen LogP contribution in [-0.2, 0) is 14.9 Å². The molecule has 24 heavy (non-hydrogen) atoms. The minimum absolute atomic E-state index is 0.0364. The van der Waals surface area contributed by atoms with Crippen molar-refractivity contribution < 1.29 is 9.53 Å². The van der Waals surface area contributed by atoms with Gasteiger partial charge in [0.05, 0.1) is 13.0 Å². The molecule has 1 aromatic rings. The molecule has 1 saturated carbocycles. The first kappa shape index (κ1) is 14.5. The number of hydrogen-bond acceptors (Lipinski definition) is 4. The number of carbonyl (C=O) groups excluding carboxylic acids is 1. The number of carbonyl (C=O) groups is 1. The van der Waals surface area contributed by atoms with E-state index in [-0.39, 0.29) is 23.0 Å². The zero-order valence-electron chi connectivity index (χ0n) is 14.3. The average Bonchev–Trinajstić information content (AvgIpc) is 2.99. The average molecular weight is 324 g/mol. The second-order valence-electron chi connectivity index (χ2n) is 7.68. The number of nitrogens with zero attached hydrogens (tertiary/aromatic N) is 1. The number of esters is 1. The Morgan fingerprint density at radius 3 is 3.00 bits per heavy atom. The normalized spacial score (nSPS) is 43.1. The maximum absolute atomic E-state index is 13.0. The van der Waals surface area contributed by atoms with E-state index in [1.807, 2.05) is 0 Å². The van der Waals surface area contributed by atoms with Gasteiger partial charge in [0.1, 0.15) is 5.66 Å². The van der Waals surface area contributed by atoms with Gasteiger partial charge in [-0.3, -0.25) is 9.69 Å². The van der Waals surface area contributed by atoms with E-state index in [0.717, 1.165) is 32.4 Å². The molecule has 0 aromatic heterocycles. The maximum atomic E-state index is 13.0. The van der Waals surface area contributed by atoms with Crippen LogP contribution in [0.2, 0.25) is 0 Å². The molecule has 1 aliphatic carbocycles. The van der Waals surface area contributed by atoms with Crippen LogP contribution in [-0.4, -0.2) is 36.7 Å². The Morgan fingerprint density at radius 1 is 1.38 bits per heavy atom. The first-order valence-electron chi connectivity index (χ1n) is 9.03. The Hall–Kier alpha value is -1.81. The lowest BCUT2D eigenvalue weighted by atomic mass is 9.54. The summed E-state index contributed by atoms with van der Waals surface area (Å²) in [5.74, 6) is 0.172. The van der Waals surface area contributed by atoms with Crippen LogP contribution in [0.15, 0.2) is 35.9 Å². The molecular formula is C20H24N2O2. The Balaban J connectivity index is 1.82. The summed E-state index contributed by atoms with van der Waals surface area (Å²) in [4.78, 5) is 15.6. The third-order valence-corrected chi connectivity index (χ3v) is 7.23. The number of fused-ring (bicyclic) bond motifs is 3. The standard InChI is InChI=1S/C20H24N2O2/c1-3-13-12-22-11-10-19-15-6-4-5-7-16(15)21-20(19,22)9-8-14(13)17(19)18(23)24-2/h3-7,14,17,21H,8-12H2,1-2H3/t14-,17-,19-,20-/m0/s1. The van der Waals surface area contributed by atoms with Crippen molar-refractivity contribution in [2.75, 3.05) is 25.5 Å². The quantitative estimate of drug-likeness (QED) is 0.637. The Kier molecular flexibility index (Phi) is 2.80. The monoisotopic (exact) mass is 324 g/mol. The number of allylic oxidation sites excluding steroid dienone is 1. The van der Waals surface area contributed by atoms with Crippen molar-refractivity contribution >= 4 is 11.7 Å². The molecule has 4 nitrogen and oxygen atoms in total. The second kappa shape index (κ2) is 4.63. The van der Waals surface area contributed by atoms with Crippen LogP contribution in [0.4, 0.5) is 5.69 Å². The lowest BCUT2D eigenvalue weighted by Crippen LogP contribution is -2.63. The van der Waals surface area contributed by atoms with Crippen molar-refractivity contribution in [3.05, 3.63) is 41.5 Å². The van der Waals surface area contributed by atoms with E-state index in [4.69, 9.17) is 4.74 Å². The molecule has 4 fully saturated rings. The predicted molar refractivity (Wildman–Crippen MR) is 92.7 cm³/mol. The van der Waals surface area contributed by atoms with E-state index < -0.39 is 0 Å². The van der Waals surface area contributed by atoms with Crippen molar-refractivity contribution in [3.8, 4) is 0 Å². The molecule has 5 atom stereocenters. The highest BCUT2D eigenvalue weighted by Gasteiger charge is 2.73. The van der Waals surface area contributed by atoms with Crippen molar-refractivity contribution in [2.24, 2.45) is 11.8 Å². The third kappa shape index (κ3) is 1.39. The number of rotatable bonds is 1. The summed E-state index contributed by atoms with van der Waals surface area (Å²) in [5, 5.41) is 3.87. The van der Waals surface area contributed by atoms with Crippen molar-refractivity contribution in [1.82, 2.24) is 4.90 Å². The Morgan fingerprint density at radius 2 is 2.21 bits per heavy atom. The van der Waals surface area contributed by atoms with Crippen LogP contribution in [0.5, 0.6) is 0 Å². The van der Waals surface area contributed by atoms with E-state index in [2.05, 4.69) is 47.5 Å². The fourth-order valence-corrected chi connectivity index (χ4v) is 6.39. The van der Waals surface area contributed by atoms with Crippen molar-refractivity contribution in [3.63, 3.8) is 0 Å². The van der Waals surface area contributed by atoms with E-state index >= 15 is 0 Å². The summed E-state index contributed by atoms with van der Waals surface area (Å²) in [6.07, 6.45) is 5.42. The third-order valence-electron chi connectivity index (χ3n) is 7.23. The molecule has 6 rings (SSSR count). The van der Waals surface area contributed by atoms with Gasteiger partial charge in [0.15, 0.2) is 0 Å². The van der Waals surface area contributed by atoms with Crippen LogP contribution < -0.4 is 5.32 Å². The molecular weight excluding hydrogens is 300 g/mol. The van der Waals surface area contributed by atoms with Crippen LogP contribution in [0.3, 0.4) is 0 Å². The van der Waals surface area contributed by atoms with E-state index in [1.165, 1.54) is 16.8 Å². The summed E-state index contributed by atoms with van der Waals surface area (Å²) in [6, 6.07) is 8.60. The molecule has 3 saturated heterocycles. The van der Waals surface area contributed by atoms with Crippen LogP contribution in [0.25, 0.3) is 0 Å². The van der Waals surface area contributed by atoms with Crippen molar-refractivity contribution in [1.29, 1.82) is 0 Å². The fraction of sp³-hybridized carbons (Fsp3) is 0.550. The molecule has 4 aliphatic heterocycles. The summed E-state index contributed by atoms with van der Waals surface area (Å²) >= 11 is 0. The van der Waals surface area contributed by atoms with E-state index in [1.54, 1.807) is 7.11 Å². The second-order valence-corrected chi connectivity index (χ2v) is 7.68. The van der Waals surface area contributed by atoms with Gasteiger partial charge in [-0.15, -0.1) is 0 Å². The molecule has 4 bridgehead atoms. The van der Waals surface area contributed by atoms with Crippen LogP contribution in [0.1, 0.15) is 31.7 Å². The summed E-state index contributed by atoms with van der Waals surface area (Å²) in [6.45, 7) is 4.12. The highest BCUT2D eigenvalue weighted by Crippen LogP contribution is 2.67. The highest BCUT2D eigenvalue weighted by atomic mass is 16.5. The van der Waals surface area contributed by atoms with Crippen LogP contribution >= 0.6 is 0 Å². The largest absolute Gasteiger partial charge is 0.469 e. The number of ether oxygens (including phenoxy) is 1. The molecule has 0 radical (unpaired) electrons. The van der Waals surface area contributed by atoms with E-state index in [0.29, 0.717) is 5.92 Å². The highest BCUT2D eigenvalue weighted by molar-refractivity contribution is 5.81. The first-order valence-corrected chi connectivity index (χ1v) is 9.03.